The van der Waals surface area contributed by atoms with E-state index in [2.05, 4.69) is 17.0 Å². The third kappa shape index (κ3) is 4.87. The van der Waals surface area contributed by atoms with Crippen LogP contribution < -0.4 is 0 Å². The lowest BCUT2D eigenvalue weighted by molar-refractivity contribution is -0.123. The highest BCUT2D eigenvalue weighted by Crippen LogP contribution is 2.44. The summed E-state index contributed by atoms with van der Waals surface area (Å²) in [5.41, 5.74) is 2.12. The average Bonchev–Trinajstić information content (AvgIpc) is 3.21. The predicted molar refractivity (Wildman–Crippen MR) is 110 cm³/mol. The fraction of sp³-hybridized carbons (Fsp3) is 0.667. The van der Waals surface area contributed by atoms with E-state index in [0.29, 0.717) is 17.7 Å². The van der Waals surface area contributed by atoms with Crippen molar-refractivity contribution < 1.29 is 9.59 Å². The van der Waals surface area contributed by atoms with Gasteiger partial charge in [-0.2, -0.15) is 0 Å². The van der Waals surface area contributed by atoms with E-state index in [0.717, 1.165) is 37.3 Å². The van der Waals surface area contributed by atoms with Crippen molar-refractivity contribution in [2.24, 2.45) is 23.7 Å². The molecule has 1 aliphatic carbocycles. The first-order valence-electron chi connectivity index (χ1n) is 10.7. The summed E-state index contributed by atoms with van der Waals surface area (Å²) in [4.78, 5) is 26.9. The van der Waals surface area contributed by atoms with Gasteiger partial charge in [-0.1, -0.05) is 45.9 Å². The van der Waals surface area contributed by atoms with E-state index in [1.807, 2.05) is 39.8 Å². The molecule has 1 aromatic carbocycles. The van der Waals surface area contributed by atoms with Crippen LogP contribution in [-0.2, 0) is 11.2 Å². The average molecular weight is 370 g/mol. The number of hydrogen-bond acceptors (Lipinski definition) is 3. The third-order valence-corrected chi connectivity index (χ3v) is 6.56. The fourth-order valence-corrected chi connectivity index (χ4v) is 4.87. The van der Waals surface area contributed by atoms with Crippen molar-refractivity contribution in [3.8, 4) is 0 Å². The van der Waals surface area contributed by atoms with E-state index in [9.17, 15) is 9.59 Å². The molecule has 0 radical (unpaired) electrons. The van der Waals surface area contributed by atoms with Gasteiger partial charge in [0.05, 0.1) is 0 Å². The number of carbonyl (C=O) groups is 2. The topological polar surface area (TPSA) is 37.4 Å². The molecule has 3 rings (SSSR count). The molecule has 1 heterocycles. The van der Waals surface area contributed by atoms with Crippen molar-refractivity contribution in [1.82, 2.24) is 4.90 Å². The third-order valence-electron chi connectivity index (χ3n) is 6.56. The number of aryl methyl sites for hydroxylation is 1. The molecule has 3 heteroatoms. The number of carbonyl (C=O) groups excluding carboxylic acids is 2. The minimum absolute atomic E-state index is 0.0518. The van der Waals surface area contributed by atoms with Crippen molar-refractivity contribution in [3.63, 3.8) is 0 Å². The molecule has 1 saturated heterocycles. The number of piperidine rings is 1. The van der Waals surface area contributed by atoms with Crippen molar-refractivity contribution in [1.29, 1.82) is 0 Å². The molecule has 3 atom stereocenters. The number of nitrogens with zero attached hydrogens (tertiary/aromatic N) is 1. The Bertz CT molecular complexity index is 679. The molecule has 2 fully saturated rings. The molecule has 1 aliphatic heterocycles. The molecule has 3 nitrogen and oxygen atoms in total. The maximum absolute atomic E-state index is 12.2. The Morgan fingerprint density at radius 1 is 1.11 bits per heavy atom. The van der Waals surface area contributed by atoms with Gasteiger partial charge < -0.3 is 4.90 Å². The summed E-state index contributed by atoms with van der Waals surface area (Å²) in [7, 11) is 0. The van der Waals surface area contributed by atoms with E-state index in [-0.39, 0.29) is 17.6 Å². The molecule has 1 aromatic rings. The van der Waals surface area contributed by atoms with Gasteiger partial charge >= 0.3 is 0 Å². The van der Waals surface area contributed by atoms with E-state index >= 15 is 0 Å². The minimum Gasteiger partial charge on any atom is -0.300 e. The van der Waals surface area contributed by atoms with E-state index in [4.69, 9.17) is 0 Å². The SMILES string of the molecule is CC(C)C(=O)CC1C[C@@H]2C[C@H]1CN2CCCc1cccc(C(=O)C(C)C)c1. The van der Waals surface area contributed by atoms with Crippen LogP contribution in [0.5, 0.6) is 0 Å². The first-order valence-corrected chi connectivity index (χ1v) is 10.7. The Balaban J connectivity index is 1.45. The molecule has 0 amide bonds. The molecule has 2 aliphatic rings. The maximum Gasteiger partial charge on any atom is 0.165 e. The Labute approximate surface area is 164 Å². The van der Waals surface area contributed by atoms with Gasteiger partial charge in [0, 0.05) is 36.4 Å². The lowest BCUT2D eigenvalue weighted by atomic mass is 9.87. The van der Waals surface area contributed by atoms with Gasteiger partial charge in [0.2, 0.25) is 0 Å². The molecular formula is C24H35NO2. The first kappa shape index (κ1) is 20.3. The quantitative estimate of drug-likeness (QED) is 0.588. The van der Waals surface area contributed by atoms with Gasteiger partial charge in [-0.05, 0) is 55.7 Å². The van der Waals surface area contributed by atoms with Crippen molar-refractivity contribution >= 4 is 11.6 Å². The highest BCUT2D eigenvalue weighted by atomic mass is 16.1. The smallest absolute Gasteiger partial charge is 0.165 e. The van der Waals surface area contributed by atoms with Crippen LogP contribution in [0.1, 0.15) is 69.3 Å². The van der Waals surface area contributed by atoms with Crippen LogP contribution in [0.25, 0.3) is 0 Å². The van der Waals surface area contributed by atoms with Gasteiger partial charge in [0.25, 0.3) is 0 Å². The summed E-state index contributed by atoms with van der Waals surface area (Å²) in [5.74, 6) is 2.25. The number of rotatable bonds is 9. The van der Waals surface area contributed by atoms with Crippen LogP contribution in [-0.4, -0.2) is 35.6 Å². The van der Waals surface area contributed by atoms with Crippen LogP contribution in [0.2, 0.25) is 0 Å². The summed E-state index contributed by atoms with van der Waals surface area (Å²) in [6, 6.07) is 8.85. The summed E-state index contributed by atoms with van der Waals surface area (Å²) in [6.07, 6.45) is 5.46. The van der Waals surface area contributed by atoms with Gasteiger partial charge in [0.1, 0.15) is 5.78 Å². The molecular weight excluding hydrogens is 334 g/mol. The first-order chi connectivity index (χ1) is 12.8. The second kappa shape index (κ2) is 8.68. The molecule has 0 spiro atoms. The van der Waals surface area contributed by atoms with Gasteiger partial charge in [0.15, 0.2) is 5.78 Å². The zero-order valence-electron chi connectivity index (χ0n) is 17.4. The Morgan fingerprint density at radius 3 is 2.52 bits per heavy atom. The Morgan fingerprint density at radius 2 is 1.89 bits per heavy atom. The van der Waals surface area contributed by atoms with E-state index in [1.54, 1.807) is 0 Å². The monoisotopic (exact) mass is 369 g/mol. The van der Waals surface area contributed by atoms with Crippen LogP contribution in [0, 0.1) is 23.7 Å². The van der Waals surface area contributed by atoms with E-state index < -0.39 is 0 Å². The molecule has 1 unspecified atom stereocenters. The Kier molecular flexibility index (Phi) is 6.52. The highest BCUT2D eigenvalue weighted by molar-refractivity contribution is 5.97. The van der Waals surface area contributed by atoms with Crippen molar-refractivity contribution in [2.75, 3.05) is 13.1 Å². The van der Waals surface area contributed by atoms with Crippen LogP contribution in [0.4, 0.5) is 0 Å². The molecule has 27 heavy (non-hydrogen) atoms. The lowest BCUT2D eigenvalue weighted by Crippen LogP contribution is -2.37. The van der Waals surface area contributed by atoms with Gasteiger partial charge in [-0.3, -0.25) is 9.59 Å². The second-order valence-corrected chi connectivity index (χ2v) is 9.29. The highest BCUT2D eigenvalue weighted by Gasteiger charge is 2.44. The minimum atomic E-state index is 0.0518. The zero-order valence-corrected chi connectivity index (χ0v) is 17.4. The van der Waals surface area contributed by atoms with Crippen LogP contribution >= 0.6 is 0 Å². The number of likely N-dealkylation sites (tertiary alicyclic amines) is 1. The number of ketones is 2. The number of hydrogen-bond donors (Lipinski definition) is 0. The lowest BCUT2D eigenvalue weighted by Gasteiger charge is -2.31. The van der Waals surface area contributed by atoms with Gasteiger partial charge in [-0.25, -0.2) is 0 Å². The second-order valence-electron chi connectivity index (χ2n) is 9.29. The van der Waals surface area contributed by atoms with Crippen LogP contribution in [0.15, 0.2) is 24.3 Å². The Hall–Kier alpha value is -1.48. The van der Waals surface area contributed by atoms with Crippen molar-refractivity contribution in [2.45, 2.75) is 65.8 Å². The molecule has 0 aromatic heterocycles. The standard InChI is InChI=1S/C24H35NO2/c1-16(2)23(26)14-20-12-22-13-21(20)15-25(22)10-6-8-18-7-5-9-19(11-18)24(27)17(3)4/h5,7,9,11,16-17,20-22H,6,8,10,12-15H2,1-4H3/t20?,21-,22+/m0/s1. The molecule has 2 bridgehead atoms. The summed E-state index contributed by atoms with van der Waals surface area (Å²) < 4.78 is 0. The fourth-order valence-electron chi connectivity index (χ4n) is 4.87. The van der Waals surface area contributed by atoms with E-state index in [1.165, 1.54) is 24.9 Å². The molecule has 0 N–H and O–H groups in total. The summed E-state index contributed by atoms with van der Waals surface area (Å²) in [5, 5.41) is 0. The largest absolute Gasteiger partial charge is 0.300 e. The maximum atomic E-state index is 12.2. The zero-order chi connectivity index (χ0) is 19.6. The summed E-state index contributed by atoms with van der Waals surface area (Å²) in [6.45, 7) is 10.3. The number of benzene rings is 1. The number of Topliss-reactive ketones (excluding diaryl/α,β-unsaturated/α-hetero) is 2. The van der Waals surface area contributed by atoms with Crippen molar-refractivity contribution in [3.05, 3.63) is 35.4 Å². The normalized spacial score (nSPS) is 24.9. The summed E-state index contributed by atoms with van der Waals surface area (Å²) >= 11 is 0. The van der Waals surface area contributed by atoms with Crippen LogP contribution in [0.3, 0.4) is 0 Å². The van der Waals surface area contributed by atoms with Gasteiger partial charge in [-0.15, -0.1) is 0 Å². The number of fused-ring (bicyclic) bond motifs is 2. The predicted octanol–water partition coefficient (Wildman–Crippen LogP) is 4.78. The molecule has 148 valence electrons. The molecule has 1 saturated carbocycles.